The number of rotatable bonds is 9. The van der Waals surface area contributed by atoms with E-state index in [-0.39, 0.29) is 6.04 Å². The van der Waals surface area contributed by atoms with Crippen molar-refractivity contribution >= 4 is 0 Å². The molecule has 0 saturated heterocycles. The largest absolute Gasteiger partial charge is 0.492 e. The fraction of sp³-hybridized carbons (Fsp3) is 0.615. The first kappa shape index (κ1) is 14.9. The molecule has 1 aromatic rings. The first-order valence-corrected chi connectivity index (χ1v) is 6.43. The van der Waals surface area contributed by atoms with E-state index >= 15 is 0 Å². The van der Waals surface area contributed by atoms with Crippen LogP contribution in [0.4, 0.5) is 0 Å². The summed E-state index contributed by atoms with van der Waals surface area (Å²) >= 11 is 0. The highest BCUT2D eigenvalue weighted by atomic mass is 16.5. The van der Waals surface area contributed by atoms with Crippen LogP contribution in [0.2, 0.25) is 0 Å². The zero-order valence-electron chi connectivity index (χ0n) is 11.2. The van der Waals surface area contributed by atoms with Crippen LogP contribution < -0.4 is 16.0 Å². The Morgan fingerprint density at radius 2 is 2.17 bits per heavy atom. The summed E-state index contributed by atoms with van der Waals surface area (Å²) in [6, 6.07) is 2.01. The van der Waals surface area contributed by atoms with Crippen LogP contribution >= 0.6 is 0 Å². The standard InChI is InChI=1S/C13H23N3O2/c1-3-6-18-12-8-11(9-15-10-12)13(16-14)5-7-17-4-2/h8-10,13,16H,3-7,14H2,1-2H3. The van der Waals surface area contributed by atoms with E-state index in [2.05, 4.69) is 17.3 Å². The summed E-state index contributed by atoms with van der Waals surface area (Å²) in [5.41, 5.74) is 3.80. The quantitative estimate of drug-likeness (QED) is 0.399. The van der Waals surface area contributed by atoms with Gasteiger partial charge in [-0.3, -0.25) is 16.3 Å². The highest BCUT2D eigenvalue weighted by molar-refractivity contribution is 5.25. The molecule has 1 heterocycles. The van der Waals surface area contributed by atoms with Crippen LogP contribution in [0.5, 0.6) is 5.75 Å². The Bertz CT molecular complexity index is 334. The molecular weight excluding hydrogens is 230 g/mol. The summed E-state index contributed by atoms with van der Waals surface area (Å²) in [6.07, 6.45) is 5.31. The van der Waals surface area contributed by atoms with Gasteiger partial charge in [0.2, 0.25) is 0 Å². The topological polar surface area (TPSA) is 69.4 Å². The predicted molar refractivity (Wildman–Crippen MR) is 71.2 cm³/mol. The van der Waals surface area contributed by atoms with Crippen molar-refractivity contribution in [2.45, 2.75) is 32.7 Å². The van der Waals surface area contributed by atoms with Gasteiger partial charge in [0.1, 0.15) is 5.75 Å². The van der Waals surface area contributed by atoms with Crippen LogP contribution in [0.1, 0.15) is 38.3 Å². The minimum Gasteiger partial charge on any atom is -0.492 e. The molecule has 0 radical (unpaired) electrons. The van der Waals surface area contributed by atoms with Gasteiger partial charge in [0.05, 0.1) is 12.8 Å². The first-order chi connectivity index (χ1) is 8.81. The summed E-state index contributed by atoms with van der Waals surface area (Å²) < 4.78 is 10.9. The van der Waals surface area contributed by atoms with Crippen molar-refractivity contribution in [1.82, 2.24) is 10.4 Å². The lowest BCUT2D eigenvalue weighted by atomic mass is 10.1. The Morgan fingerprint density at radius 1 is 1.33 bits per heavy atom. The molecule has 0 spiro atoms. The number of hydrogen-bond donors (Lipinski definition) is 2. The molecule has 0 aliphatic heterocycles. The Balaban J connectivity index is 2.60. The number of nitrogens with two attached hydrogens (primary N) is 1. The van der Waals surface area contributed by atoms with Crippen LogP contribution in [-0.4, -0.2) is 24.8 Å². The van der Waals surface area contributed by atoms with E-state index in [1.165, 1.54) is 0 Å². The first-order valence-electron chi connectivity index (χ1n) is 6.43. The summed E-state index contributed by atoms with van der Waals surface area (Å²) in [5, 5.41) is 0. The molecule has 1 unspecified atom stereocenters. The van der Waals surface area contributed by atoms with Gasteiger partial charge < -0.3 is 9.47 Å². The third-order valence-corrected chi connectivity index (χ3v) is 2.57. The molecule has 5 nitrogen and oxygen atoms in total. The van der Waals surface area contributed by atoms with Gasteiger partial charge in [-0.1, -0.05) is 6.92 Å². The lowest BCUT2D eigenvalue weighted by Gasteiger charge is -2.16. The molecule has 18 heavy (non-hydrogen) atoms. The Kier molecular flexibility index (Phi) is 7.32. The summed E-state index contributed by atoms with van der Waals surface area (Å²) in [7, 11) is 0. The monoisotopic (exact) mass is 253 g/mol. The number of hydrogen-bond acceptors (Lipinski definition) is 5. The molecular formula is C13H23N3O2. The van der Waals surface area contributed by atoms with E-state index in [1.54, 1.807) is 12.4 Å². The molecule has 5 heteroatoms. The van der Waals surface area contributed by atoms with Gasteiger partial charge in [-0.25, -0.2) is 0 Å². The maximum absolute atomic E-state index is 5.56. The second-order valence-corrected chi connectivity index (χ2v) is 4.01. The van der Waals surface area contributed by atoms with E-state index in [1.807, 2.05) is 13.0 Å². The van der Waals surface area contributed by atoms with Crippen LogP contribution in [0.15, 0.2) is 18.5 Å². The number of nitrogens with one attached hydrogen (secondary N) is 1. The lowest BCUT2D eigenvalue weighted by molar-refractivity contribution is 0.136. The molecule has 1 atom stereocenters. The van der Waals surface area contributed by atoms with Gasteiger partial charge in [0.25, 0.3) is 0 Å². The third-order valence-electron chi connectivity index (χ3n) is 2.57. The van der Waals surface area contributed by atoms with Crippen molar-refractivity contribution in [3.8, 4) is 5.75 Å². The average Bonchev–Trinajstić information content (AvgIpc) is 2.42. The molecule has 0 saturated carbocycles. The normalized spacial score (nSPS) is 12.4. The molecule has 0 aliphatic carbocycles. The Morgan fingerprint density at radius 3 is 2.83 bits per heavy atom. The fourth-order valence-electron chi connectivity index (χ4n) is 1.62. The lowest BCUT2D eigenvalue weighted by Crippen LogP contribution is -2.29. The van der Waals surface area contributed by atoms with Gasteiger partial charge in [-0.15, -0.1) is 0 Å². The van der Waals surface area contributed by atoms with Gasteiger partial charge in [0, 0.05) is 25.5 Å². The molecule has 1 rings (SSSR count). The summed E-state index contributed by atoms with van der Waals surface area (Å²) in [4.78, 5) is 4.17. The smallest absolute Gasteiger partial charge is 0.137 e. The number of pyridine rings is 1. The van der Waals surface area contributed by atoms with Crippen molar-refractivity contribution in [3.63, 3.8) is 0 Å². The summed E-state index contributed by atoms with van der Waals surface area (Å²) in [5.74, 6) is 6.35. The molecule has 0 fully saturated rings. The van der Waals surface area contributed by atoms with E-state index in [9.17, 15) is 0 Å². The highest BCUT2D eigenvalue weighted by Gasteiger charge is 2.10. The zero-order chi connectivity index (χ0) is 13.2. The van der Waals surface area contributed by atoms with Gasteiger partial charge in [0.15, 0.2) is 0 Å². The van der Waals surface area contributed by atoms with Crippen molar-refractivity contribution in [2.24, 2.45) is 5.84 Å². The van der Waals surface area contributed by atoms with E-state index < -0.39 is 0 Å². The number of nitrogens with zero attached hydrogens (tertiary/aromatic N) is 1. The number of ether oxygens (including phenoxy) is 2. The molecule has 102 valence electrons. The fourth-order valence-corrected chi connectivity index (χ4v) is 1.62. The second kappa shape index (κ2) is 8.85. The highest BCUT2D eigenvalue weighted by Crippen LogP contribution is 2.20. The van der Waals surface area contributed by atoms with E-state index in [0.29, 0.717) is 13.2 Å². The van der Waals surface area contributed by atoms with Crippen LogP contribution in [0, 0.1) is 0 Å². The van der Waals surface area contributed by atoms with E-state index in [0.717, 1.165) is 30.8 Å². The van der Waals surface area contributed by atoms with Gasteiger partial charge in [-0.2, -0.15) is 0 Å². The molecule has 0 bridgehead atoms. The van der Waals surface area contributed by atoms with Crippen LogP contribution in [0.3, 0.4) is 0 Å². The van der Waals surface area contributed by atoms with Crippen molar-refractivity contribution in [1.29, 1.82) is 0 Å². The molecule has 1 aromatic heterocycles. The predicted octanol–water partition coefficient (Wildman–Crippen LogP) is 1.80. The second-order valence-electron chi connectivity index (χ2n) is 4.01. The van der Waals surface area contributed by atoms with Gasteiger partial charge >= 0.3 is 0 Å². The molecule has 0 aliphatic rings. The maximum Gasteiger partial charge on any atom is 0.137 e. The summed E-state index contributed by atoms with van der Waals surface area (Å²) in [6.45, 7) is 6.14. The Labute approximate surface area is 109 Å². The molecule has 0 amide bonds. The van der Waals surface area contributed by atoms with Crippen molar-refractivity contribution in [3.05, 3.63) is 24.0 Å². The van der Waals surface area contributed by atoms with Crippen LogP contribution in [0.25, 0.3) is 0 Å². The SMILES string of the molecule is CCCOc1cncc(C(CCOCC)NN)c1. The number of hydrazine groups is 1. The minimum absolute atomic E-state index is 0.0363. The Hall–Kier alpha value is -1.17. The van der Waals surface area contributed by atoms with Gasteiger partial charge in [-0.05, 0) is 31.4 Å². The van der Waals surface area contributed by atoms with Crippen molar-refractivity contribution in [2.75, 3.05) is 19.8 Å². The number of aromatic nitrogens is 1. The van der Waals surface area contributed by atoms with E-state index in [4.69, 9.17) is 15.3 Å². The van der Waals surface area contributed by atoms with Crippen molar-refractivity contribution < 1.29 is 9.47 Å². The maximum atomic E-state index is 5.56. The minimum atomic E-state index is 0.0363. The zero-order valence-corrected chi connectivity index (χ0v) is 11.2. The van der Waals surface area contributed by atoms with Crippen LogP contribution in [-0.2, 0) is 4.74 Å². The molecule has 3 N–H and O–H groups in total. The average molecular weight is 253 g/mol. The molecule has 0 aromatic carbocycles. The third kappa shape index (κ3) is 5.00.